The van der Waals surface area contributed by atoms with Crippen molar-refractivity contribution in [1.82, 2.24) is 30.1 Å². The third kappa shape index (κ3) is 8.04. The van der Waals surface area contributed by atoms with Gasteiger partial charge in [0, 0.05) is 37.8 Å². The standard InChI is InChI=1S/C43H45F3N6O6/c1-42(16-7-18-51(25-42)41(55)57-24-27-9-3-2-4-10-27)50-40(54)56-20-6-13-30-33(45)15-14-28-11-5-12-31(34(28)30)36-35(46)37-32(22-47-36)38(53)49-39(48-37)58-26-43-17-8-19-52(43)23-29(44)21-43/h2-5,9-12,14-15,22,29H,6-8,13,16-21,23-26H2,1H3,(H,50,54)(H,48,49,53)/t29-,42?,43+/m1/s1. The van der Waals surface area contributed by atoms with Crippen molar-refractivity contribution in [3.63, 3.8) is 0 Å². The van der Waals surface area contributed by atoms with Gasteiger partial charge in [0.2, 0.25) is 0 Å². The van der Waals surface area contributed by atoms with Gasteiger partial charge < -0.3 is 24.4 Å². The number of hydrogen-bond donors (Lipinski definition) is 2. The summed E-state index contributed by atoms with van der Waals surface area (Å²) in [4.78, 5) is 53.6. The number of carbonyl (C=O) groups excluding carboxylic acids is 2. The number of likely N-dealkylation sites (tertiary alicyclic amines) is 1. The van der Waals surface area contributed by atoms with E-state index in [4.69, 9.17) is 14.2 Å². The Morgan fingerprint density at radius 1 is 1.02 bits per heavy atom. The number of piperidine rings is 1. The number of fused-ring (bicyclic) bond motifs is 3. The van der Waals surface area contributed by atoms with E-state index < -0.39 is 46.6 Å². The summed E-state index contributed by atoms with van der Waals surface area (Å²) in [6, 6.07) is 17.3. The molecule has 0 saturated carbocycles. The maximum absolute atomic E-state index is 16.5. The molecule has 12 nitrogen and oxygen atoms in total. The Morgan fingerprint density at radius 2 is 1.84 bits per heavy atom. The topological polar surface area (TPSA) is 139 Å². The van der Waals surface area contributed by atoms with Crippen molar-refractivity contribution in [3.05, 3.63) is 100.0 Å². The molecule has 58 heavy (non-hydrogen) atoms. The Labute approximate surface area is 332 Å². The van der Waals surface area contributed by atoms with Crippen molar-refractivity contribution in [3.8, 4) is 17.3 Å². The molecule has 3 aromatic carbocycles. The van der Waals surface area contributed by atoms with Crippen molar-refractivity contribution in [2.75, 3.05) is 39.4 Å². The monoisotopic (exact) mass is 798 g/mol. The molecule has 3 saturated heterocycles. The van der Waals surface area contributed by atoms with E-state index in [0.29, 0.717) is 48.7 Å². The lowest BCUT2D eigenvalue weighted by atomic mass is 9.91. The van der Waals surface area contributed by atoms with Crippen LogP contribution in [0.25, 0.3) is 32.9 Å². The van der Waals surface area contributed by atoms with Gasteiger partial charge in [-0.15, -0.1) is 0 Å². The molecule has 2 amide bonds. The van der Waals surface area contributed by atoms with Crippen molar-refractivity contribution in [1.29, 1.82) is 0 Å². The Balaban J connectivity index is 0.940. The third-order valence-electron chi connectivity index (χ3n) is 11.6. The van der Waals surface area contributed by atoms with E-state index in [0.717, 1.165) is 24.9 Å². The fourth-order valence-electron chi connectivity index (χ4n) is 8.83. The number of aryl methyl sites for hydroxylation is 1. The SMILES string of the molecule is CC1(NC(=O)OCCCc2c(F)ccc3cccc(-c4ncc5c(=O)[nH]c(OC[C@@]67CCCN6C[C@H](F)C7)nc5c4F)c23)CCCN(C(=O)OCc2ccccc2)C1. The summed E-state index contributed by atoms with van der Waals surface area (Å²) in [6.07, 6.45) is 2.82. The molecule has 3 atom stereocenters. The first kappa shape index (κ1) is 39.1. The first-order valence-corrected chi connectivity index (χ1v) is 19.7. The number of alkyl halides is 1. The number of aromatic nitrogens is 3. The number of nitrogens with zero attached hydrogens (tertiary/aromatic N) is 4. The minimum Gasteiger partial charge on any atom is -0.463 e. The molecular formula is C43H45F3N6O6. The van der Waals surface area contributed by atoms with E-state index >= 15 is 8.78 Å². The lowest BCUT2D eigenvalue weighted by molar-refractivity contribution is 0.0650. The summed E-state index contributed by atoms with van der Waals surface area (Å²) in [5, 5.41) is 3.87. The molecule has 0 bridgehead atoms. The number of carbonyl (C=O) groups is 2. The van der Waals surface area contributed by atoms with Gasteiger partial charge in [-0.1, -0.05) is 54.6 Å². The van der Waals surface area contributed by atoms with E-state index in [1.807, 2.05) is 37.3 Å². The summed E-state index contributed by atoms with van der Waals surface area (Å²) < 4.78 is 63.4. The highest BCUT2D eigenvalue weighted by Crippen LogP contribution is 2.40. The second-order valence-electron chi connectivity index (χ2n) is 15.8. The highest BCUT2D eigenvalue weighted by atomic mass is 19.1. The zero-order valence-electron chi connectivity index (χ0n) is 32.2. The Bertz CT molecular complexity index is 2400. The summed E-state index contributed by atoms with van der Waals surface area (Å²) in [7, 11) is 0. The van der Waals surface area contributed by atoms with Gasteiger partial charge in [0.15, 0.2) is 5.82 Å². The van der Waals surface area contributed by atoms with Gasteiger partial charge in [-0.25, -0.2) is 22.8 Å². The summed E-state index contributed by atoms with van der Waals surface area (Å²) in [6.45, 7) is 3.91. The minimum absolute atomic E-state index is 0.0359. The molecular weight excluding hydrogens is 754 g/mol. The largest absolute Gasteiger partial charge is 0.463 e. The van der Waals surface area contributed by atoms with Gasteiger partial charge >= 0.3 is 12.2 Å². The summed E-state index contributed by atoms with van der Waals surface area (Å²) >= 11 is 0. The maximum atomic E-state index is 16.5. The Morgan fingerprint density at radius 3 is 2.69 bits per heavy atom. The van der Waals surface area contributed by atoms with Crippen LogP contribution in [0.4, 0.5) is 22.8 Å². The average Bonchev–Trinajstić information content (AvgIpc) is 3.74. The van der Waals surface area contributed by atoms with E-state index in [2.05, 4.69) is 25.2 Å². The lowest BCUT2D eigenvalue weighted by Gasteiger charge is -2.40. The number of ether oxygens (including phenoxy) is 3. The van der Waals surface area contributed by atoms with Gasteiger partial charge in [0.25, 0.3) is 11.6 Å². The predicted molar refractivity (Wildman–Crippen MR) is 210 cm³/mol. The second kappa shape index (κ2) is 16.3. The van der Waals surface area contributed by atoms with E-state index in [1.165, 1.54) is 12.3 Å². The van der Waals surface area contributed by atoms with Crippen LogP contribution >= 0.6 is 0 Å². The van der Waals surface area contributed by atoms with Gasteiger partial charge in [-0.05, 0) is 80.0 Å². The zero-order chi connectivity index (χ0) is 40.4. The molecule has 3 aliphatic rings. The molecule has 1 unspecified atom stereocenters. The molecule has 0 spiro atoms. The van der Waals surface area contributed by atoms with Crippen molar-refractivity contribution < 1.29 is 37.0 Å². The highest BCUT2D eigenvalue weighted by Gasteiger charge is 2.49. The number of hydrogen-bond acceptors (Lipinski definition) is 9. The Kier molecular flexibility index (Phi) is 11.0. The molecule has 15 heteroatoms. The molecule has 2 aromatic heterocycles. The number of nitrogens with one attached hydrogen (secondary N) is 2. The molecule has 5 aromatic rings. The van der Waals surface area contributed by atoms with Crippen LogP contribution in [0.5, 0.6) is 6.01 Å². The highest BCUT2D eigenvalue weighted by molar-refractivity contribution is 5.99. The van der Waals surface area contributed by atoms with Crippen molar-refractivity contribution in [2.45, 2.75) is 75.7 Å². The number of halogens is 3. The smallest absolute Gasteiger partial charge is 0.410 e. The Hall–Kier alpha value is -5.70. The van der Waals surface area contributed by atoms with Crippen LogP contribution in [0.1, 0.15) is 56.6 Å². The van der Waals surface area contributed by atoms with Crippen LogP contribution in [0.15, 0.2) is 71.7 Å². The zero-order valence-corrected chi connectivity index (χ0v) is 32.2. The van der Waals surface area contributed by atoms with Crippen LogP contribution in [0.3, 0.4) is 0 Å². The number of alkyl carbamates (subject to hydrolysis) is 1. The molecule has 3 aliphatic heterocycles. The van der Waals surface area contributed by atoms with Gasteiger partial charge in [0.1, 0.15) is 36.4 Å². The molecule has 304 valence electrons. The predicted octanol–water partition coefficient (Wildman–Crippen LogP) is 7.22. The maximum Gasteiger partial charge on any atom is 0.410 e. The van der Waals surface area contributed by atoms with Gasteiger partial charge in [-0.2, -0.15) is 4.98 Å². The molecule has 3 fully saturated rings. The normalized spacial score (nSPS) is 21.9. The molecule has 2 N–H and O–H groups in total. The van der Waals surface area contributed by atoms with Crippen LogP contribution in [-0.2, 0) is 22.5 Å². The fraction of sp³-hybridized carbons (Fsp3) is 0.419. The third-order valence-corrected chi connectivity index (χ3v) is 11.6. The molecule has 0 aliphatic carbocycles. The number of pyridine rings is 1. The second-order valence-corrected chi connectivity index (χ2v) is 15.8. The summed E-state index contributed by atoms with van der Waals surface area (Å²) in [5.41, 5.74) is -0.804. The van der Waals surface area contributed by atoms with E-state index in [1.54, 1.807) is 29.2 Å². The number of H-pyrrole nitrogens is 1. The minimum atomic E-state index is -0.964. The number of benzene rings is 3. The van der Waals surface area contributed by atoms with E-state index in [-0.39, 0.29) is 67.4 Å². The number of aromatic amines is 1. The van der Waals surface area contributed by atoms with E-state index in [9.17, 15) is 18.8 Å². The quantitative estimate of drug-likeness (QED) is 0.133. The number of amides is 2. The summed E-state index contributed by atoms with van der Waals surface area (Å²) in [5.74, 6) is -1.40. The van der Waals surface area contributed by atoms with Crippen LogP contribution in [0, 0.1) is 11.6 Å². The van der Waals surface area contributed by atoms with Gasteiger partial charge in [0.05, 0.1) is 23.1 Å². The van der Waals surface area contributed by atoms with Crippen LogP contribution in [-0.4, -0.2) is 93.6 Å². The van der Waals surface area contributed by atoms with Crippen LogP contribution in [0.2, 0.25) is 0 Å². The van der Waals surface area contributed by atoms with Crippen molar-refractivity contribution >= 4 is 33.9 Å². The molecule has 8 rings (SSSR count). The van der Waals surface area contributed by atoms with Gasteiger partial charge in [-0.3, -0.25) is 19.7 Å². The lowest BCUT2D eigenvalue weighted by Crippen LogP contribution is -2.58. The first-order valence-electron chi connectivity index (χ1n) is 19.7. The fourth-order valence-corrected chi connectivity index (χ4v) is 8.83. The van der Waals surface area contributed by atoms with Crippen LogP contribution < -0.4 is 15.6 Å². The number of rotatable bonds is 11. The average molecular weight is 799 g/mol. The molecule has 5 heterocycles. The molecule has 0 radical (unpaired) electrons. The van der Waals surface area contributed by atoms with Crippen molar-refractivity contribution in [2.24, 2.45) is 0 Å². The first-order chi connectivity index (χ1) is 28.0.